The van der Waals surface area contributed by atoms with Gasteiger partial charge in [0.15, 0.2) is 0 Å². The minimum atomic E-state index is 0.472. The summed E-state index contributed by atoms with van der Waals surface area (Å²) in [5.74, 6) is 0. The van der Waals surface area contributed by atoms with Gasteiger partial charge in [-0.05, 0) is 37.4 Å². The van der Waals surface area contributed by atoms with E-state index in [9.17, 15) is 0 Å². The van der Waals surface area contributed by atoms with Gasteiger partial charge in [-0.2, -0.15) is 0 Å². The number of likely N-dealkylation sites (tertiary alicyclic amines) is 1. The first-order valence-corrected chi connectivity index (χ1v) is 6.50. The Hall–Kier alpha value is -1.09. The van der Waals surface area contributed by atoms with E-state index in [1.54, 1.807) is 0 Å². The minimum absolute atomic E-state index is 0.472. The van der Waals surface area contributed by atoms with Gasteiger partial charge in [0.1, 0.15) is 0 Å². The van der Waals surface area contributed by atoms with Crippen LogP contribution < -0.4 is 5.32 Å². The van der Waals surface area contributed by atoms with E-state index in [0.717, 1.165) is 13.1 Å². The molecule has 94 valence electrons. The SMILES string of the molecule is CCNc1ccnc(CN2CCC(C)(C)C2)c1. The third kappa shape index (κ3) is 3.43. The number of nitrogens with one attached hydrogen (secondary N) is 1. The monoisotopic (exact) mass is 233 g/mol. The molecule has 0 amide bonds. The summed E-state index contributed by atoms with van der Waals surface area (Å²) in [6.07, 6.45) is 3.19. The van der Waals surface area contributed by atoms with Crippen molar-refractivity contribution in [3.05, 3.63) is 24.0 Å². The molecule has 1 aliphatic heterocycles. The molecule has 2 heterocycles. The Kier molecular flexibility index (Phi) is 3.67. The molecule has 1 saturated heterocycles. The van der Waals surface area contributed by atoms with Crippen LogP contribution in [0.2, 0.25) is 0 Å². The van der Waals surface area contributed by atoms with E-state index < -0.39 is 0 Å². The fourth-order valence-corrected chi connectivity index (χ4v) is 2.47. The second-order valence-corrected chi connectivity index (χ2v) is 5.69. The molecule has 0 aliphatic carbocycles. The summed E-state index contributed by atoms with van der Waals surface area (Å²) < 4.78 is 0. The van der Waals surface area contributed by atoms with E-state index in [4.69, 9.17) is 0 Å². The van der Waals surface area contributed by atoms with Crippen molar-refractivity contribution in [3.63, 3.8) is 0 Å². The quantitative estimate of drug-likeness (QED) is 0.866. The summed E-state index contributed by atoms with van der Waals surface area (Å²) in [6.45, 7) is 11.1. The normalized spacial score (nSPS) is 19.5. The molecule has 1 fully saturated rings. The first kappa shape index (κ1) is 12.4. The largest absolute Gasteiger partial charge is 0.385 e. The summed E-state index contributed by atoms with van der Waals surface area (Å²) in [7, 11) is 0. The number of pyridine rings is 1. The minimum Gasteiger partial charge on any atom is -0.385 e. The first-order chi connectivity index (χ1) is 8.09. The standard InChI is InChI=1S/C14H23N3/c1-4-15-12-5-7-16-13(9-12)10-17-8-6-14(2,3)11-17/h5,7,9H,4,6,8,10-11H2,1-3H3,(H,15,16). The van der Waals surface area contributed by atoms with Crippen molar-refractivity contribution in [2.24, 2.45) is 5.41 Å². The maximum atomic E-state index is 4.45. The van der Waals surface area contributed by atoms with Crippen molar-refractivity contribution in [2.75, 3.05) is 25.0 Å². The summed E-state index contributed by atoms with van der Waals surface area (Å²) in [5, 5.41) is 3.33. The van der Waals surface area contributed by atoms with Gasteiger partial charge in [0, 0.05) is 31.5 Å². The molecule has 0 bridgehead atoms. The van der Waals surface area contributed by atoms with Crippen LogP contribution in [0.5, 0.6) is 0 Å². The van der Waals surface area contributed by atoms with Crippen molar-refractivity contribution in [2.45, 2.75) is 33.7 Å². The van der Waals surface area contributed by atoms with Crippen molar-refractivity contribution in [1.29, 1.82) is 0 Å². The van der Waals surface area contributed by atoms with E-state index in [0.29, 0.717) is 5.41 Å². The number of hydrogen-bond donors (Lipinski definition) is 1. The fraction of sp³-hybridized carbons (Fsp3) is 0.643. The molecular formula is C14H23N3. The van der Waals surface area contributed by atoms with Crippen LogP contribution in [-0.4, -0.2) is 29.5 Å². The Labute approximate surface area is 104 Å². The third-order valence-electron chi connectivity index (χ3n) is 3.34. The number of anilines is 1. The molecule has 3 nitrogen and oxygen atoms in total. The van der Waals surface area contributed by atoms with Gasteiger partial charge in [-0.15, -0.1) is 0 Å². The van der Waals surface area contributed by atoms with Crippen LogP contribution in [0.25, 0.3) is 0 Å². The average molecular weight is 233 g/mol. The van der Waals surface area contributed by atoms with E-state index in [2.05, 4.69) is 42.0 Å². The highest BCUT2D eigenvalue weighted by Gasteiger charge is 2.28. The van der Waals surface area contributed by atoms with Crippen molar-refractivity contribution >= 4 is 5.69 Å². The molecule has 3 heteroatoms. The maximum absolute atomic E-state index is 4.45. The van der Waals surface area contributed by atoms with E-state index >= 15 is 0 Å². The lowest BCUT2D eigenvalue weighted by atomic mass is 9.93. The van der Waals surface area contributed by atoms with Gasteiger partial charge in [0.25, 0.3) is 0 Å². The van der Waals surface area contributed by atoms with Gasteiger partial charge in [-0.3, -0.25) is 9.88 Å². The molecule has 17 heavy (non-hydrogen) atoms. The maximum Gasteiger partial charge on any atom is 0.0564 e. The predicted octanol–water partition coefficient (Wildman–Crippen LogP) is 2.75. The topological polar surface area (TPSA) is 28.2 Å². The predicted molar refractivity (Wildman–Crippen MR) is 72.1 cm³/mol. The summed E-state index contributed by atoms with van der Waals surface area (Å²) in [4.78, 5) is 6.95. The Morgan fingerprint density at radius 3 is 2.94 bits per heavy atom. The molecule has 1 aromatic rings. The van der Waals surface area contributed by atoms with Crippen molar-refractivity contribution in [1.82, 2.24) is 9.88 Å². The van der Waals surface area contributed by atoms with Crippen LogP contribution in [0, 0.1) is 5.41 Å². The van der Waals surface area contributed by atoms with E-state index in [-0.39, 0.29) is 0 Å². The Morgan fingerprint density at radius 1 is 1.47 bits per heavy atom. The van der Waals surface area contributed by atoms with Gasteiger partial charge < -0.3 is 5.32 Å². The molecule has 0 saturated carbocycles. The molecule has 0 spiro atoms. The van der Waals surface area contributed by atoms with Crippen molar-refractivity contribution in [3.8, 4) is 0 Å². The van der Waals surface area contributed by atoms with Crippen LogP contribution >= 0.6 is 0 Å². The zero-order valence-electron chi connectivity index (χ0n) is 11.2. The number of aromatic nitrogens is 1. The van der Waals surface area contributed by atoms with Gasteiger partial charge in [-0.1, -0.05) is 13.8 Å². The smallest absolute Gasteiger partial charge is 0.0564 e. The fourth-order valence-electron chi connectivity index (χ4n) is 2.47. The van der Waals surface area contributed by atoms with Gasteiger partial charge >= 0.3 is 0 Å². The summed E-state index contributed by atoms with van der Waals surface area (Å²) in [5.41, 5.74) is 2.82. The number of hydrogen-bond acceptors (Lipinski definition) is 3. The third-order valence-corrected chi connectivity index (χ3v) is 3.34. The lowest BCUT2D eigenvalue weighted by Crippen LogP contribution is -2.23. The van der Waals surface area contributed by atoms with Crippen LogP contribution in [0.4, 0.5) is 5.69 Å². The summed E-state index contributed by atoms with van der Waals surface area (Å²) in [6, 6.07) is 4.19. The zero-order chi connectivity index (χ0) is 12.3. The van der Waals surface area contributed by atoms with Gasteiger partial charge in [-0.25, -0.2) is 0 Å². The van der Waals surface area contributed by atoms with Gasteiger partial charge in [0.2, 0.25) is 0 Å². The highest BCUT2D eigenvalue weighted by molar-refractivity contribution is 5.42. The van der Waals surface area contributed by atoms with Gasteiger partial charge in [0.05, 0.1) is 5.69 Å². The average Bonchev–Trinajstić information content (AvgIpc) is 2.59. The molecule has 1 aliphatic rings. The lowest BCUT2D eigenvalue weighted by Gasteiger charge is -2.19. The molecule has 1 N–H and O–H groups in total. The zero-order valence-corrected chi connectivity index (χ0v) is 11.2. The molecule has 2 rings (SSSR count). The summed E-state index contributed by atoms with van der Waals surface area (Å²) >= 11 is 0. The first-order valence-electron chi connectivity index (χ1n) is 6.50. The molecular weight excluding hydrogens is 210 g/mol. The second-order valence-electron chi connectivity index (χ2n) is 5.69. The second kappa shape index (κ2) is 5.05. The van der Waals surface area contributed by atoms with Crippen LogP contribution in [0.15, 0.2) is 18.3 Å². The lowest BCUT2D eigenvalue weighted by molar-refractivity contribution is 0.282. The van der Waals surface area contributed by atoms with Crippen molar-refractivity contribution < 1.29 is 0 Å². The Bertz CT molecular complexity index is 373. The van der Waals surface area contributed by atoms with E-state index in [1.165, 1.54) is 30.9 Å². The molecule has 1 aromatic heterocycles. The molecule has 0 radical (unpaired) electrons. The van der Waals surface area contributed by atoms with Crippen LogP contribution in [-0.2, 0) is 6.54 Å². The highest BCUT2D eigenvalue weighted by atomic mass is 15.2. The highest BCUT2D eigenvalue weighted by Crippen LogP contribution is 2.29. The van der Waals surface area contributed by atoms with E-state index in [1.807, 2.05) is 12.3 Å². The molecule has 0 unspecified atom stereocenters. The van der Waals surface area contributed by atoms with Crippen LogP contribution in [0.1, 0.15) is 32.9 Å². The molecule has 0 atom stereocenters. The Balaban J connectivity index is 1.97. The number of nitrogens with zero attached hydrogens (tertiary/aromatic N) is 2. The van der Waals surface area contributed by atoms with Crippen LogP contribution in [0.3, 0.4) is 0 Å². The number of rotatable bonds is 4. The molecule has 0 aromatic carbocycles. The Morgan fingerprint density at radius 2 is 2.29 bits per heavy atom.